The van der Waals surface area contributed by atoms with Gasteiger partial charge in [-0.05, 0) is 42.5 Å². The van der Waals surface area contributed by atoms with Crippen molar-refractivity contribution in [3.8, 4) is 0 Å². The van der Waals surface area contributed by atoms with Crippen LogP contribution in [0.1, 0.15) is 86.1 Å². The van der Waals surface area contributed by atoms with Gasteiger partial charge in [-0.2, -0.15) is 0 Å². The zero-order valence-electron chi connectivity index (χ0n) is 13.4. The first-order valence-electron chi connectivity index (χ1n) is 8.41. The summed E-state index contributed by atoms with van der Waals surface area (Å²) in [5, 5.41) is 0. The number of fused-ring (bicyclic) bond motifs is 3. The van der Waals surface area contributed by atoms with Gasteiger partial charge in [0.15, 0.2) is 17.3 Å². The highest BCUT2D eigenvalue weighted by Crippen LogP contribution is 2.50. The molecule has 0 aliphatic heterocycles. The molecule has 120 valence electrons. The number of rotatable bonds is 0. The van der Waals surface area contributed by atoms with Crippen molar-refractivity contribution >= 4 is 17.3 Å². The van der Waals surface area contributed by atoms with E-state index in [0.717, 1.165) is 36.0 Å². The van der Waals surface area contributed by atoms with E-state index in [4.69, 9.17) is 4.42 Å². The summed E-state index contributed by atoms with van der Waals surface area (Å²) in [5.74, 6) is 0.186. The second-order valence-corrected chi connectivity index (χ2v) is 7.27. The Morgan fingerprint density at radius 1 is 0.958 bits per heavy atom. The molecule has 0 spiro atoms. The summed E-state index contributed by atoms with van der Waals surface area (Å²) in [7, 11) is 0. The fourth-order valence-electron chi connectivity index (χ4n) is 4.70. The smallest absolute Gasteiger partial charge is 0.228 e. The van der Waals surface area contributed by atoms with Crippen LogP contribution in [0.4, 0.5) is 0 Å². The van der Waals surface area contributed by atoms with Crippen molar-refractivity contribution in [3.05, 3.63) is 57.5 Å². The number of carbonyl (C=O) groups is 3. The number of hydrogen-bond acceptors (Lipinski definition) is 4. The molecule has 24 heavy (non-hydrogen) atoms. The maximum Gasteiger partial charge on any atom is 0.228 e. The minimum Gasteiger partial charge on any atom is -0.460 e. The Hall–Kier alpha value is -2.49. The molecule has 0 amide bonds. The van der Waals surface area contributed by atoms with Crippen molar-refractivity contribution in [1.29, 1.82) is 0 Å². The molecule has 0 N–H and O–H groups in total. The van der Waals surface area contributed by atoms with Crippen molar-refractivity contribution in [1.82, 2.24) is 0 Å². The maximum absolute atomic E-state index is 12.9. The molecule has 1 aromatic heterocycles. The molecule has 3 aliphatic carbocycles. The normalized spacial score (nSPS) is 24.5. The predicted molar refractivity (Wildman–Crippen MR) is 85.9 cm³/mol. The number of hydrogen-bond donors (Lipinski definition) is 0. The molecule has 1 atom stereocenters. The Morgan fingerprint density at radius 3 is 2.42 bits per heavy atom. The molecule has 3 aliphatic rings. The van der Waals surface area contributed by atoms with Crippen molar-refractivity contribution in [3.63, 3.8) is 0 Å². The van der Waals surface area contributed by atoms with Crippen LogP contribution in [-0.2, 0) is 11.8 Å². The van der Waals surface area contributed by atoms with Gasteiger partial charge in [0.25, 0.3) is 0 Å². The Morgan fingerprint density at radius 2 is 1.67 bits per heavy atom. The summed E-state index contributed by atoms with van der Waals surface area (Å²) in [4.78, 5) is 37.5. The summed E-state index contributed by atoms with van der Waals surface area (Å²) in [5.41, 5.74) is 4.04. The van der Waals surface area contributed by atoms with Crippen LogP contribution >= 0.6 is 0 Å². The lowest BCUT2D eigenvalue weighted by molar-refractivity contribution is 0.0889. The van der Waals surface area contributed by atoms with Gasteiger partial charge < -0.3 is 4.42 Å². The van der Waals surface area contributed by atoms with Crippen molar-refractivity contribution in [2.24, 2.45) is 0 Å². The molecular weight excluding hydrogens is 304 g/mol. The molecular formula is C20H16O4. The van der Waals surface area contributed by atoms with Crippen LogP contribution in [-0.4, -0.2) is 17.3 Å². The second kappa shape index (κ2) is 4.32. The van der Waals surface area contributed by atoms with Crippen molar-refractivity contribution in [2.75, 3.05) is 0 Å². The van der Waals surface area contributed by atoms with Crippen LogP contribution in [0.15, 0.2) is 22.8 Å². The monoisotopic (exact) mass is 320 g/mol. The van der Waals surface area contributed by atoms with Crippen LogP contribution < -0.4 is 0 Å². The fourth-order valence-corrected chi connectivity index (χ4v) is 4.70. The van der Waals surface area contributed by atoms with E-state index in [1.54, 1.807) is 12.3 Å². The third-order valence-corrected chi connectivity index (χ3v) is 5.92. The van der Waals surface area contributed by atoms with E-state index in [1.165, 1.54) is 0 Å². The summed E-state index contributed by atoms with van der Waals surface area (Å²) < 4.78 is 5.61. The number of Topliss-reactive ketones (excluding diaryl/α,β-unsaturated/α-hetero) is 2. The molecule has 4 nitrogen and oxygen atoms in total. The summed E-state index contributed by atoms with van der Waals surface area (Å²) >= 11 is 0. The molecule has 0 radical (unpaired) electrons. The van der Waals surface area contributed by atoms with Gasteiger partial charge in [-0.15, -0.1) is 0 Å². The van der Waals surface area contributed by atoms with E-state index in [1.807, 2.05) is 6.07 Å². The van der Waals surface area contributed by atoms with E-state index in [-0.39, 0.29) is 35.6 Å². The summed E-state index contributed by atoms with van der Waals surface area (Å²) in [6.07, 6.45) is 5.03. The Balaban J connectivity index is 1.85. The van der Waals surface area contributed by atoms with Crippen molar-refractivity contribution in [2.45, 2.75) is 44.4 Å². The lowest BCUT2D eigenvalue weighted by Crippen LogP contribution is -2.36. The fraction of sp³-hybridized carbons (Fsp3) is 0.350. The van der Waals surface area contributed by atoms with Gasteiger partial charge in [-0.1, -0.05) is 6.92 Å². The first kappa shape index (κ1) is 13.9. The van der Waals surface area contributed by atoms with E-state index < -0.39 is 0 Å². The van der Waals surface area contributed by atoms with Gasteiger partial charge in [-0.25, -0.2) is 0 Å². The Kier molecular flexibility index (Phi) is 2.50. The highest BCUT2D eigenvalue weighted by molar-refractivity contribution is 6.18. The van der Waals surface area contributed by atoms with Gasteiger partial charge in [0, 0.05) is 40.5 Å². The van der Waals surface area contributed by atoms with E-state index >= 15 is 0 Å². The molecule has 0 fully saturated rings. The lowest BCUT2D eigenvalue weighted by atomic mass is 9.62. The van der Waals surface area contributed by atoms with Crippen LogP contribution in [0, 0.1) is 0 Å². The molecule has 1 heterocycles. The minimum absolute atomic E-state index is 0.00234. The van der Waals surface area contributed by atoms with Crippen LogP contribution in [0.3, 0.4) is 0 Å². The number of benzene rings is 1. The highest BCUT2D eigenvalue weighted by Gasteiger charge is 2.46. The standard InChI is InChI=1S/C20H16O4/c1-20-6-2-3-10-9-24-19(17(10)20)18(23)13-7-11-12(8-14(13)20)16(22)5-4-15(11)21/h7-9H,2-6H2,1H3/t20-/m0/s1. The number of furan rings is 1. The number of ketones is 3. The van der Waals surface area contributed by atoms with E-state index in [0.29, 0.717) is 22.5 Å². The zero-order chi connectivity index (χ0) is 16.6. The van der Waals surface area contributed by atoms with Gasteiger partial charge in [-0.3, -0.25) is 14.4 Å². The van der Waals surface area contributed by atoms with Crippen LogP contribution in [0.25, 0.3) is 0 Å². The maximum atomic E-state index is 12.9. The zero-order valence-corrected chi connectivity index (χ0v) is 13.4. The highest BCUT2D eigenvalue weighted by atomic mass is 16.3. The first-order valence-corrected chi connectivity index (χ1v) is 8.41. The van der Waals surface area contributed by atoms with Crippen LogP contribution in [0.5, 0.6) is 0 Å². The SMILES string of the molecule is C[C@@]12CCCc3coc(c31)C(=O)c1cc3c(cc12)C(=O)CCC3=O. The quantitative estimate of drug-likeness (QED) is 0.743. The van der Waals surface area contributed by atoms with Gasteiger partial charge in [0.1, 0.15) is 0 Å². The van der Waals surface area contributed by atoms with E-state index in [9.17, 15) is 14.4 Å². The molecule has 0 saturated carbocycles. The minimum atomic E-state index is -0.324. The molecule has 0 unspecified atom stereocenters. The Bertz CT molecular complexity index is 962. The molecule has 5 rings (SSSR count). The second-order valence-electron chi connectivity index (χ2n) is 7.27. The predicted octanol–water partition coefficient (Wildman–Crippen LogP) is 3.63. The first-order chi connectivity index (χ1) is 11.5. The topological polar surface area (TPSA) is 64.3 Å². The molecule has 2 aromatic rings. The number of carbonyl (C=O) groups excluding carboxylic acids is 3. The van der Waals surface area contributed by atoms with Crippen LogP contribution in [0.2, 0.25) is 0 Å². The van der Waals surface area contributed by atoms with Gasteiger partial charge >= 0.3 is 0 Å². The number of aryl methyl sites for hydroxylation is 1. The van der Waals surface area contributed by atoms with E-state index in [2.05, 4.69) is 6.92 Å². The molecule has 1 aromatic carbocycles. The third kappa shape index (κ3) is 1.51. The largest absolute Gasteiger partial charge is 0.460 e. The van der Waals surface area contributed by atoms with Crippen molar-refractivity contribution < 1.29 is 18.8 Å². The summed E-state index contributed by atoms with van der Waals surface area (Å²) in [6.45, 7) is 2.12. The lowest BCUT2D eigenvalue weighted by Gasteiger charge is -2.39. The average Bonchev–Trinajstić information content (AvgIpc) is 3.02. The molecule has 0 bridgehead atoms. The van der Waals surface area contributed by atoms with Gasteiger partial charge in [0.05, 0.1) is 6.26 Å². The molecule has 0 saturated heterocycles. The Labute approximate surface area is 138 Å². The average molecular weight is 320 g/mol. The van der Waals surface area contributed by atoms with Gasteiger partial charge in [0.2, 0.25) is 5.78 Å². The summed E-state index contributed by atoms with van der Waals surface area (Å²) in [6, 6.07) is 3.45. The molecule has 4 heteroatoms. The third-order valence-electron chi connectivity index (χ3n) is 5.92.